The van der Waals surface area contributed by atoms with E-state index in [0.717, 1.165) is 6.07 Å². The maximum Gasteiger partial charge on any atom is 0.126 e. The molecule has 16 heavy (non-hydrogen) atoms. The molecule has 0 aromatic heterocycles. The summed E-state index contributed by atoms with van der Waals surface area (Å²) in [5.74, 6) is -1.06. The Hall–Kier alpha value is -1.90. The van der Waals surface area contributed by atoms with Crippen molar-refractivity contribution >= 4 is 0 Å². The van der Waals surface area contributed by atoms with Crippen LogP contribution in [0.2, 0.25) is 0 Å². The first-order valence-corrected chi connectivity index (χ1v) is 4.83. The number of benzene rings is 2. The molecule has 0 aliphatic rings. The van der Waals surface area contributed by atoms with E-state index in [1.165, 1.54) is 18.2 Å². The standard InChI is InChI=1S/C13H10F2O/c1-8-2-3-9(6-12(8)15)11-5-4-10(14)7-13(11)16/h2-7,16H,1H3. The van der Waals surface area contributed by atoms with Gasteiger partial charge in [-0.25, -0.2) is 8.78 Å². The summed E-state index contributed by atoms with van der Waals surface area (Å²) in [6, 6.07) is 8.29. The predicted octanol–water partition coefficient (Wildman–Crippen LogP) is 3.65. The van der Waals surface area contributed by atoms with Gasteiger partial charge in [-0.15, -0.1) is 0 Å². The Bertz CT molecular complexity index is 535. The van der Waals surface area contributed by atoms with E-state index in [-0.39, 0.29) is 11.6 Å². The molecule has 0 unspecified atom stereocenters. The van der Waals surface area contributed by atoms with Crippen LogP contribution in [0.3, 0.4) is 0 Å². The van der Waals surface area contributed by atoms with E-state index in [1.807, 2.05) is 0 Å². The van der Waals surface area contributed by atoms with Gasteiger partial charge in [-0.1, -0.05) is 12.1 Å². The second kappa shape index (κ2) is 3.93. The van der Waals surface area contributed by atoms with Crippen molar-refractivity contribution in [1.82, 2.24) is 0 Å². The highest BCUT2D eigenvalue weighted by atomic mass is 19.1. The molecule has 2 rings (SSSR count). The minimum absolute atomic E-state index is 0.191. The normalized spacial score (nSPS) is 10.4. The van der Waals surface area contributed by atoms with Crippen LogP contribution in [0.15, 0.2) is 36.4 Å². The molecule has 0 saturated heterocycles. The summed E-state index contributed by atoms with van der Waals surface area (Å²) in [7, 11) is 0. The molecule has 3 heteroatoms. The van der Waals surface area contributed by atoms with E-state index in [2.05, 4.69) is 0 Å². The lowest BCUT2D eigenvalue weighted by atomic mass is 10.0. The first-order valence-electron chi connectivity index (χ1n) is 4.83. The Morgan fingerprint density at radius 2 is 1.75 bits per heavy atom. The third-order valence-corrected chi connectivity index (χ3v) is 2.44. The van der Waals surface area contributed by atoms with Crippen LogP contribution in [-0.2, 0) is 0 Å². The fraction of sp³-hybridized carbons (Fsp3) is 0.0769. The van der Waals surface area contributed by atoms with Gasteiger partial charge in [-0.2, -0.15) is 0 Å². The van der Waals surface area contributed by atoms with Crippen LogP contribution in [0, 0.1) is 18.6 Å². The van der Waals surface area contributed by atoms with Gasteiger partial charge in [0, 0.05) is 11.6 Å². The highest BCUT2D eigenvalue weighted by Crippen LogP contribution is 2.30. The molecule has 2 aromatic rings. The van der Waals surface area contributed by atoms with E-state index >= 15 is 0 Å². The van der Waals surface area contributed by atoms with Crippen molar-refractivity contribution in [3.05, 3.63) is 53.6 Å². The van der Waals surface area contributed by atoms with Crippen LogP contribution in [0.1, 0.15) is 5.56 Å². The minimum Gasteiger partial charge on any atom is -0.507 e. The molecular weight excluding hydrogens is 210 g/mol. The van der Waals surface area contributed by atoms with Crippen molar-refractivity contribution in [3.63, 3.8) is 0 Å². The molecule has 0 fully saturated rings. The summed E-state index contributed by atoms with van der Waals surface area (Å²) in [6.07, 6.45) is 0. The van der Waals surface area contributed by atoms with Gasteiger partial charge in [-0.05, 0) is 36.2 Å². The molecule has 0 spiro atoms. The molecular formula is C13H10F2O. The third kappa shape index (κ3) is 1.89. The average molecular weight is 220 g/mol. The number of phenolic OH excluding ortho intramolecular Hbond substituents is 1. The number of phenols is 1. The highest BCUT2D eigenvalue weighted by Gasteiger charge is 2.07. The van der Waals surface area contributed by atoms with Crippen LogP contribution in [-0.4, -0.2) is 5.11 Å². The lowest BCUT2D eigenvalue weighted by Crippen LogP contribution is -1.85. The molecule has 0 bridgehead atoms. The fourth-order valence-corrected chi connectivity index (χ4v) is 1.51. The zero-order chi connectivity index (χ0) is 11.7. The topological polar surface area (TPSA) is 20.2 Å². The molecule has 0 heterocycles. The molecule has 0 aliphatic carbocycles. The van der Waals surface area contributed by atoms with Gasteiger partial charge in [0.05, 0.1) is 0 Å². The zero-order valence-corrected chi connectivity index (χ0v) is 8.67. The zero-order valence-electron chi connectivity index (χ0n) is 8.67. The first-order chi connectivity index (χ1) is 7.58. The van der Waals surface area contributed by atoms with E-state index in [0.29, 0.717) is 16.7 Å². The summed E-state index contributed by atoms with van der Waals surface area (Å²) in [5, 5.41) is 9.54. The van der Waals surface area contributed by atoms with Gasteiger partial charge in [-0.3, -0.25) is 0 Å². The van der Waals surface area contributed by atoms with Crippen LogP contribution in [0.4, 0.5) is 8.78 Å². The molecule has 1 N–H and O–H groups in total. The monoisotopic (exact) mass is 220 g/mol. The van der Waals surface area contributed by atoms with Crippen LogP contribution in [0.5, 0.6) is 5.75 Å². The van der Waals surface area contributed by atoms with Crippen molar-refractivity contribution in [2.24, 2.45) is 0 Å². The van der Waals surface area contributed by atoms with E-state index in [1.54, 1.807) is 19.1 Å². The molecule has 1 nitrogen and oxygen atoms in total. The van der Waals surface area contributed by atoms with E-state index < -0.39 is 5.82 Å². The maximum absolute atomic E-state index is 13.3. The number of halogens is 2. The first kappa shape index (κ1) is 10.6. The summed E-state index contributed by atoms with van der Waals surface area (Å²) in [5.41, 5.74) is 1.48. The lowest BCUT2D eigenvalue weighted by molar-refractivity contribution is 0.471. The maximum atomic E-state index is 13.3. The second-order valence-electron chi connectivity index (χ2n) is 3.63. The summed E-state index contributed by atoms with van der Waals surface area (Å²) < 4.78 is 26.1. The minimum atomic E-state index is -0.520. The lowest BCUT2D eigenvalue weighted by Gasteiger charge is -2.06. The molecule has 0 atom stereocenters. The van der Waals surface area contributed by atoms with Gasteiger partial charge in [0.2, 0.25) is 0 Å². The summed E-state index contributed by atoms with van der Waals surface area (Å²) in [4.78, 5) is 0. The van der Waals surface area contributed by atoms with E-state index in [9.17, 15) is 13.9 Å². The van der Waals surface area contributed by atoms with Crippen molar-refractivity contribution in [1.29, 1.82) is 0 Å². The summed E-state index contributed by atoms with van der Waals surface area (Å²) >= 11 is 0. The highest BCUT2D eigenvalue weighted by molar-refractivity contribution is 5.70. The Labute approximate surface area is 92.0 Å². The molecule has 2 aromatic carbocycles. The average Bonchev–Trinajstić information content (AvgIpc) is 2.22. The molecule has 0 amide bonds. The number of hydrogen-bond acceptors (Lipinski definition) is 1. The molecule has 82 valence electrons. The van der Waals surface area contributed by atoms with Crippen molar-refractivity contribution in [2.45, 2.75) is 6.92 Å². The fourth-order valence-electron chi connectivity index (χ4n) is 1.51. The van der Waals surface area contributed by atoms with Crippen LogP contribution >= 0.6 is 0 Å². The quantitative estimate of drug-likeness (QED) is 0.777. The van der Waals surface area contributed by atoms with Crippen LogP contribution < -0.4 is 0 Å². The number of rotatable bonds is 1. The Kier molecular flexibility index (Phi) is 2.60. The predicted molar refractivity (Wildman–Crippen MR) is 58.2 cm³/mol. The number of hydrogen-bond donors (Lipinski definition) is 1. The van der Waals surface area contributed by atoms with Crippen LogP contribution in [0.25, 0.3) is 11.1 Å². The Balaban J connectivity index is 2.54. The van der Waals surface area contributed by atoms with Crippen molar-refractivity contribution in [2.75, 3.05) is 0 Å². The van der Waals surface area contributed by atoms with Crippen molar-refractivity contribution < 1.29 is 13.9 Å². The second-order valence-corrected chi connectivity index (χ2v) is 3.63. The van der Waals surface area contributed by atoms with Gasteiger partial charge in [0.15, 0.2) is 0 Å². The molecule has 0 aliphatic heterocycles. The Morgan fingerprint density at radius 3 is 2.38 bits per heavy atom. The molecule has 0 saturated carbocycles. The van der Waals surface area contributed by atoms with Gasteiger partial charge in [0.1, 0.15) is 17.4 Å². The number of aryl methyl sites for hydroxylation is 1. The van der Waals surface area contributed by atoms with Crippen molar-refractivity contribution in [3.8, 4) is 16.9 Å². The van der Waals surface area contributed by atoms with Gasteiger partial charge in [0.25, 0.3) is 0 Å². The Morgan fingerprint density at radius 1 is 1.00 bits per heavy atom. The van der Waals surface area contributed by atoms with E-state index in [4.69, 9.17) is 0 Å². The summed E-state index contributed by atoms with van der Waals surface area (Å²) in [6.45, 7) is 1.66. The smallest absolute Gasteiger partial charge is 0.126 e. The molecule has 0 radical (unpaired) electrons. The largest absolute Gasteiger partial charge is 0.507 e. The van der Waals surface area contributed by atoms with Gasteiger partial charge >= 0.3 is 0 Å². The third-order valence-electron chi connectivity index (χ3n) is 2.44. The SMILES string of the molecule is Cc1ccc(-c2ccc(F)cc2O)cc1F. The van der Waals surface area contributed by atoms with Gasteiger partial charge < -0.3 is 5.11 Å². The number of aromatic hydroxyl groups is 1.